The molecule has 0 aromatic heterocycles. The van der Waals surface area contributed by atoms with E-state index in [1.807, 2.05) is 13.8 Å². The molecule has 1 N–H and O–H groups in total. The van der Waals surface area contributed by atoms with Crippen molar-refractivity contribution in [2.24, 2.45) is 0 Å². The highest BCUT2D eigenvalue weighted by Gasteiger charge is 2.20. The maximum atomic E-state index is 13.3. The molecule has 0 aliphatic heterocycles. The van der Waals surface area contributed by atoms with Crippen molar-refractivity contribution < 1.29 is 13.9 Å². The van der Waals surface area contributed by atoms with Gasteiger partial charge in [0.25, 0.3) is 0 Å². The lowest BCUT2D eigenvalue weighted by Crippen LogP contribution is -2.45. The van der Waals surface area contributed by atoms with Crippen LogP contribution in [0.15, 0.2) is 24.3 Å². The molecule has 3 nitrogen and oxygen atoms in total. The lowest BCUT2D eigenvalue weighted by Gasteiger charge is -2.25. The molecule has 0 spiro atoms. The number of para-hydroxylation sites is 1. The lowest BCUT2D eigenvalue weighted by atomic mass is 10.0. The van der Waals surface area contributed by atoms with Gasteiger partial charge in [-0.2, -0.15) is 0 Å². The molecule has 0 unspecified atom stereocenters. The van der Waals surface area contributed by atoms with Crippen LogP contribution >= 0.6 is 11.6 Å². The van der Waals surface area contributed by atoms with E-state index in [-0.39, 0.29) is 23.4 Å². The summed E-state index contributed by atoms with van der Waals surface area (Å²) in [5.74, 6) is -0.470. The van der Waals surface area contributed by atoms with E-state index >= 15 is 0 Å². The fourth-order valence-electron chi connectivity index (χ4n) is 1.45. The van der Waals surface area contributed by atoms with Gasteiger partial charge in [-0.1, -0.05) is 12.1 Å². The smallest absolute Gasteiger partial charge is 0.235 e. The Balaban J connectivity index is 2.41. The van der Waals surface area contributed by atoms with Crippen LogP contribution in [-0.2, 0) is 4.79 Å². The first-order valence-electron chi connectivity index (χ1n) is 5.69. The van der Waals surface area contributed by atoms with Gasteiger partial charge in [0.15, 0.2) is 11.6 Å². The molecular weight excluding hydrogens is 257 g/mol. The lowest BCUT2D eigenvalue weighted by molar-refractivity contribution is -0.120. The van der Waals surface area contributed by atoms with Crippen LogP contribution in [0.3, 0.4) is 0 Å². The highest BCUT2D eigenvalue weighted by Crippen LogP contribution is 2.17. The summed E-state index contributed by atoms with van der Waals surface area (Å²) >= 11 is 5.42. The maximum absolute atomic E-state index is 13.3. The molecule has 100 valence electrons. The molecule has 1 aromatic rings. The number of carbonyl (C=O) groups is 1. The number of rotatable bonds is 6. The van der Waals surface area contributed by atoms with E-state index in [4.69, 9.17) is 16.3 Å². The second-order valence-electron chi connectivity index (χ2n) is 4.59. The zero-order valence-electron chi connectivity index (χ0n) is 10.5. The topological polar surface area (TPSA) is 38.3 Å². The van der Waals surface area contributed by atoms with Gasteiger partial charge >= 0.3 is 0 Å². The Morgan fingerprint density at radius 1 is 1.44 bits per heavy atom. The van der Waals surface area contributed by atoms with Crippen molar-refractivity contribution in [1.82, 2.24) is 5.32 Å². The van der Waals surface area contributed by atoms with Gasteiger partial charge in [-0.05, 0) is 26.0 Å². The summed E-state index contributed by atoms with van der Waals surface area (Å²) in [6.45, 7) is 4.04. The fourth-order valence-corrected chi connectivity index (χ4v) is 1.52. The molecule has 0 heterocycles. The summed E-state index contributed by atoms with van der Waals surface area (Å²) in [7, 11) is 0. The predicted molar refractivity (Wildman–Crippen MR) is 69.5 cm³/mol. The molecule has 1 amide bonds. The summed E-state index contributed by atoms with van der Waals surface area (Å²) < 4.78 is 18.6. The summed E-state index contributed by atoms with van der Waals surface area (Å²) in [6.07, 6.45) is 0.559. The number of nitrogens with one attached hydrogen (secondary N) is 1. The van der Waals surface area contributed by atoms with E-state index in [0.29, 0.717) is 13.0 Å². The molecule has 1 aromatic carbocycles. The van der Waals surface area contributed by atoms with Gasteiger partial charge in [0.05, 0.1) is 6.61 Å². The number of benzene rings is 1. The SMILES string of the molecule is CC(C)(CCOc1ccccc1F)NC(=O)CCl. The van der Waals surface area contributed by atoms with Crippen LogP contribution in [-0.4, -0.2) is 23.9 Å². The van der Waals surface area contributed by atoms with Gasteiger partial charge in [0.1, 0.15) is 5.88 Å². The third kappa shape index (κ3) is 4.92. The van der Waals surface area contributed by atoms with Crippen LogP contribution in [0.4, 0.5) is 4.39 Å². The quantitative estimate of drug-likeness (QED) is 0.810. The minimum Gasteiger partial charge on any atom is -0.490 e. The van der Waals surface area contributed by atoms with Gasteiger partial charge < -0.3 is 10.1 Å². The van der Waals surface area contributed by atoms with Crippen LogP contribution in [0.1, 0.15) is 20.3 Å². The number of hydrogen-bond acceptors (Lipinski definition) is 2. The highest BCUT2D eigenvalue weighted by molar-refractivity contribution is 6.27. The molecule has 5 heteroatoms. The van der Waals surface area contributed by atoms with Gasteiger partial charge in [0, 0.05) is 12.0 Å². The second kappa shape index (κ2) is 6.59. The Morgan fingerprint density at radius 2 is 2.11 bits per heavy atom. The number of alkyl halides is 1. The van der Waals surface area contributed by atoms with E-state index in [9.17, 15) is 9.18 Å². The van der Waals surface area contributed by atoms with Gasteiger partial charge in [-0.3, -0.25) is 4.79 Å². The van der Waals surface area contributed by atoms with Crippen molar-refractivity contribution in [3.8, 4) is 5.75 Å². The van der Waals surface area contributed by atoms with Gasteiger partial charge in [-0.15, -0.1) is 11.6 Å². The number of halogens is 2. The molecule has 0 bridgehead atoms. The molecule has 0 saturated carbocycles. The van der Waals surface area contributed by atoms with Gasteiger partial charge in [0.2, 0.25) is 5.91 Å². The van der Waals surface area contributed by atoms with E-state index in [2.05, 4.69) is 5.32 Å². The first-order valence-corrected chi connectivity index (χ1v) is 6.22. The van der Waals surface area contributed by atoms with Crippen molar-refractivity contribution in [2.45, 2.75) is 25.8 Å². The van der Waals surface area contributed by atoms with Crippen LogP contribution in [0, 0.1) is 5.82 Å². The summed E-state index contributed by atoms with van der Waals surface area (Å²) in [5.41, 5.74) is -0.433. The van der Waals surface area contributed by atoms with Crippen molar-refractivity contribution in [3.05, 3.63) is 30.1 Å². The normalized spacial score (nSPS) is 11.1. The Morgan fingerprint density at radius 3 is 2.72 bits per heavy atom. The average molecular weight is 274 g/mol. The van der Waals surface area contributed by atoms with Crippen LogP contribution in [0.2, 0.25) is 0 Å². The first-order chi connectivity index (χ1) is 8.44. The molecule has 0 radical (unpaired) electrons. The molecule has 1 rings (SSSR count). The Kier molecular flexibility index (Phi) is 5.41. The number of carbonyl (C=O) groups excluding carboxylic acids is 1. The zero-order chi connectivity index (χ0) is 13.6. The Hall–Kier alpha value is -1.29. The van der Waals surface area contributed by atoms with Gasteiger partial charge in [-0.25, -0.2) is 4.39 Å². The van der Waals surface area contributed by atoms with E-state index in [0.717, 1.165) is 0 Å². The monoisotopic (exact) mass is 273 g/mol. The third-order valence-electron chi connectivity index (χ3n) is 2.42. The summed E-state index contributed by atoms with van der Waals surface area (Å²) in [5, 5.41) is 2.76. The van der Waals surface area contributed by atoms with E-state index in [1.54, 1.807) is 18.2 Å². The van der Waals surface area contributed by atoms with Crippen LogP contribution < -0.4 is 10.1 Å². The van der Waals surface area contributed by atoms with Crippen molar-refractivity contribution in [1.29, 1.82) is 0 Å². The van der Waals surface area contributed by atoms with Crippen molar-refractivity contribution in [3.63, 3.8) is 0 Å². The standard InChI is InChI=1S/C13H17ClFNO2/c1-13(2,16-12(17)9-14)7-8-18-11-6-4-3-5-10(11)15/h3-6H,7-9H2,1-2H3,(H,16,17). The second-order valence-corrected chi connectivity index (χ2v) is 4.86. The van der Waals surface area contributed by atoms with Crippen molar-refractivity contribution in [2.75, 3.05) is 12.5 Å². The third-order valence-corrected chi connectivity index (χ3v) is 2.66. The number of hydrogen-bond donors (Lipinski definition) is 1. The molecule has 0 fully saturated rings. The molecule has 0 saturated heterocycles. The fraction of sp³-hybridized carbons (Fsp3) is 0.462. The zero-order valence-corrected chi connectivity index (χ0v) is 11.3. The number of amides is 1. The highest BCUT2D eigenvalue weighted by atomic mass is 35.5. The molecule has 18 heavy (non-hydrogen) atoms. The largest absolute Gasteiger partial charge is 0.490 e. The summed E-state index contributed by atoms with van der Waals surface area (Å²) in [4.78, 5) is 11.2. The average Bonchev–Trinajstić information content (AvgIpc) is 2.30. The Bertz CT molecular complexity index is 410. The maximum Gasteiger partial charge on any atom is 0.235 e. The molecule has 0 aliphatic rings. The first kappa shape index (κ1) is 14.8. The van der Waals surface area contributed by atoms with E-state index in [1.165, 1.54) is 6.07 Å². The molecule has 0 atom stereocenters. The Labute approximate surface area is 111 Å². The molecule has 0 aliphatic carbocycles. The summed E-state index contributed by atoms with van der Waals surface area (Å²) in [6, 6.07) is 6.22. The van der Waals surface area contributed by atoms with Crippen molar-refractivity contribution >= 4 is 17.5 Å². The predicted octanol–water partition coefficient (Wildman–Crippen LogP) is 2.73. The molecular formula is C13H17ClFNO2. The van der Waals surface area contributed by atoms with Crippen LogP contribution in [0.5, 0.6) is 5.75 Å². The minimum absolute atomic E-state index is 0.0718. The van der Waals surface area contributed by atoms with Crippen LogP contribution in [0.25, 0.3) is 0 Å². The van der Waals surface area contributed by atoms with E-state index < -0.39 is 5.54 Å². The minimum atomic E-state index is -0.433. The number of ether oxygens (including phenoxy) is 1.